The Balaban J connectivity index is 2.21. The molecule has 0 aliphatic heterocycles. The summed E-state index contributed by atoms with van der Waals surface area (Å²) in [4.78, 5) is 6.57. The maximum absolute atomic E-state index is 8.10. The zero-order chi connectivity index (χ0) is 9.52. The van der Waals surface area contributed by atoms with Gasteiger partial charge in [-0.2, -0.15) is 0 Å². The zero-order valence-corrected chi connectivity index (χ0v) is 7.30. The van der Waals surface area contributed by atoms with Crippen LogP contribution in [-0.2, 0) is 6.54 Å². The van der Waals surface area contributed by atoms with Crippen molar-refractivity contribution in [2.75, 3.05) is 0 Å². The minimum atomic E-state index is 0.586. The summed E-state index contributed by atoms with van der Waals surface area (Å²) < 4.78 is 1.98. The van der Waals surface area contributed by atoms with Gasteiger partial charge in [-0.15, -0.1) is 0 Å². The van der Waals surface area contributed by atoms with Crippen LogP contribution in [0.4, 0.5) is 0 Å². The van der Waals surface area contributed by atoms with Gasteiger partial charge in [0, 0.05) is 29.5 Å². The molecule has 1 aromatic rings. The maximum atomic E-state index is 8.10. The van der Waals surface area contributed by atoms with E-state index in [1.807, 2.05) is 10.8 Å². The number of allylic oxidation sites excluding steroid dienone is 1. The number of hydrogen-bond acceptors (Lipinski definition) is 2. The summed E-state index contributed by atoms with van der Waals surface area (Å²) in [7, 11) is 0. The van der Waals surface area contributed by atoms with Gasteiger partial charge in [-0.1, -0.05) is 11.7 Å². The Labute approximate surface area is 76.3 Å². The number of hydrogen-bond donors (Lipinski definition) is 0. The third-order valence-electron chi connectivity index (χ3n) is 1.63. The molecule has 0 N–H and O–H groups in total. The highest BCUT2D eigenvalue weighted by Crippen LogP contribution is 2.05. The molecule has 0 bridgehead atoms. The molecule has 0 radical (unpaired) electrons. The monoisotopic (exact) mass is 177 g/mol. The Kier molecular flexibility index (Phi) is 3.60. The van der Waals surface area contributed by atoms with Crippen molar-refractivity contribution in [3.8, 4) is 0 Å². The molecular weight excluding hydrogens is 166 g/mol. The van der Waals surface area contributed by atoms with Crippen LogP contribution in [0.1, 0.15) is 12.8 Å². The van der Waals surface area contributed by atoms with E-state index in [1.54, 1.807) is 12.5 Å². The largest absolute Gasteiger partial charge is 0.337 e. The summed E-state index contributed by atoms with van der Waals surface area (Å²) in [6, 6.07) is 0. The summed E-state index contributed by atoms with van der Waals surface area (Å²) in [6.45, 7) is 4.49. The van der Waals surface area contributed by atoms with Gasteiger partial charge in [-0.25, -0.2) is 4.98 Å². The fourth-order valence-corrected chi connectivity index (χ4v) is 0.998. The molecule has 0 fully saturated rings. The Morgan fingerprint density at radius 1 is 1.69 bits per heavy atom. The van der Waals surface area contributed by atoms with Crippen LogP contribution in [0, 0.1) is 0 Å². The van der Waals surface area contributed by atoms with Gasteiger partial charge in [0.25, 0.3) is 0 Å². The summed E-state index contributed by atoms with van der Waals surface area (Å²) in [5, 5.41) is 3.40. The second-order valence-corrected chi connectivity index (χ2v) is 2.66. The molecule has 0 saturated heterocycles. The van der Waals surface area contributed by atoms with Gasteiger partial charge in [-0.3, -0.25) is 0 Å². The molecule has 1 aromatic heterocycles. The van der Waals surface area contributed by atoms with Crippen molar-refractivity contribution in [3.63, 3.8) is 0 Å². The van der Waals surface area contributed by atoms with Crippen molar-refractivity contribution < 1.29 is 0 Å². The lowest BCUT2D eigenvalue weighted by molar-refractivity contribution is 0.638. The standard InChI is InChI=1S/C8H11N5/c1-8(11-12-9)3-2-5-13-6-4-10-7-13/h4,6-7H,1-3,5H2. The van der Waals surface area contributed by atoms with E-state index in [0.717, 1.165) is 19.4 Å². The van der Waals surface area contributed by atoms with Crippen LogP contribution >= 0.6 is 0 Å². The molecule has 5 nitrogen and oxygen atoms in total. The second kappa shape index (κ2) is 5.00. The van der Waals surface area contributed by atoms with E-state index in [9.17, 15) is 0 Å². The molecule has 0 atom stereocenters. The molecule has 68 valence electrons. The second-order valence-electron chi connectivity index (χ2n) is 2.66. The number of azide groups is 1. The van der Waals surface area contributed by atoms with E-state index < -0.39 is 0 Å². The quantitative estimate of drug-likeness (QED) is 0.387. The van der Waals surface area contributed by atoms with Crippen molar-refractivity contribution in [2.24, 2.45) is 5.11 Å². The first-order valence-electron chi connectivity index (χ1n) is 4.01. The van der Waals surface area contributed by atoms with Gasteiger partial charge in [0.2, 0.25) is 0 Å². The number of rotatable bonds is 5. The lowest BCUT2D eigenvalue weighted by Gasteiger charge is -2.00. The average molecular weight is 177 g/mol. The molecular formula is C8H11N5. The molecule has 0 unspecified atom stereocenters. The molecule has 0 aliphatic carbocycles. The van der Waals surface area contributed by atoms with Gasteiger partial charge in [0.05, 0.1) is 6.33 Å². The van der Waals surface area contributed by atoms with Crippen molar-refractivity contribution in [1.29, 1.82) is 0 Å². The van der Waals surface area contributed by atoms with Crippen LogP contribution in [0.25, 0.3) is 10.4 Å². The molecule has 0 aliphatic rings. The Bertz CT molecular complexity index is 307. The average Bonchev–Trinajstić information content (AvgIpc) is 2.57. The fourth-order valence-electron chi connectivity index (χ4n) is 0.998. The molecule has 13 heavy (non-hydrogen) atoms. The Morgan fingerprint density at radius 3 is 3.15 bits per heavy atom. The number of aryl methyl sites for hydroxylation is 1. The number of nitrogens with zero attached hydrogens (tertiary/aromatic N) is 5. The van der Waals surface area contributed by atoms with Crippen molar-refractivity contribution in [1.82, 2.24) is 9.55 Å². The smallest absolute Gasteiger partial charge is 0.0945 e. The molecule has 0 spiro atoms. The topological polar surface area (TPSA) is 66.6 Å². The van der Waals surface area contributed by atoms with Crippen LogP contribution in [-0.4, -0.2) is 9.55 Å². The predicted molar refractivity (Wildman–Crippen MR) is 49.7 cm³/mol. The van der Waals surface area contributed by atoms with Gasteiger partial charge in [0.15, 0.2) is 0 Å². The minimum absolute atomic E-state index is 0.586. The van der Waals surface area contributed by atoms with E-state index in [1.165, 1.54) is 0 Å². The third kappa shape index (κ3) is 3.44. The van der Waals surface area contributed by atoms with Crippen molar-refractivity contribution in [3.05, 3.63) is 41.4 Å². The third-order valence-corrected chi connectivity index (χ3v) is 1.63. The molecule has 1 rings (SSSR count). The highest BCUT2D eigenvalue weighted by molar-refractivity contribution is 4.91. The number of aromatic nitrogens is 2. The lowest BCUT2D eigenvalue weighted by Crippen LogP contribution is -1.93. The van der Waals surface area contributed by atoms with Crippen molar-refractivity contribution in [2.45, 2.75) is 19.4 Å². The van der Waals surface area contributed by atoms with E-state index >= 15 is 0 Å². The van der Waals surface area contributed by atoms with E-state index in [0.29, 0.717) is 5.70 Å². The predicted octanol–water partition coefficient (Wildman–Crippen LogP) is 2.49. The van der Waals surface area contributed by atoms with Gasteiger partial charge in [-0.05, 0) is 18.4 Å². The molecule has 5 heteroatoms. The van der Waals surface area contributed by atoms with Crippen LogP contribution < -0.4 is 0 Å². The van der Waals surface area contributed by atoms with Crippen LogP contribution in [0.3, 0.4) is 0 Å². The first-order chi connectivity index (χ1) is 6.33. The highest BCUT2D eigenvalue weighted by atomic mass is 15.1. The molecule has 0 saturated carbocycles. The number of imidazole rings is 1. The minimum Gasteiger partial charge on any atom is -0.337 e. The Morgan fingerprint density at radius 2 is 2.54 bits per heavy atom. The van der Waals surface area contributed by atoms with Gasteiger partial charge in [0.1, 0.15) is 0 Å². The molecule has 0 aromatic carbocycles. The van der Waals surface area contributed by atoms with Crippen LogP contribution in [0.5, 0.6) is 0 Å². The highest BCUT2D eigenvalue weighted by Gasteiger charge is 1.92. The lowest BCUT2D eigenvalue weighted by atomic mass is 10.2. The fraction of sp³-hybridized carbons (Fsp3) is 0.375. The SMILES string of the molecule is C=C(CCCn1ccnc1)N=[N+]=[N-]. The normalized spacial score (nSPS) is 9.23. The molecule has 0 amide bonds. The first-order valence-corrected chi connectivity index (χ1v) is 4.01. The van der Waals surface area contributed by atoms with E-state index in [2.05, 4.69) is 21.6 Å². The molecule has 1 heterocycles. The maximum Gasteiger partial charge on any atom is 0.0945 e. The zero-order valence-electron chi connectivity index (χ0n) is 7.30. The van der Waals surface area contributed by atoms with E-state index in [4.69, 9.17) is 5.53 Å². The Hall–Kier alpha value is -1.74. The van der Waals surface area contributed by atoms with E-state index in [-0.39, 0.29) is 0 Å². The first kappa shape index (κ1) is 9.35. The van der Waals surface area contributed by atoms with Crippen LogP contribution in [0.2, 0.25) is 0 Å². The summed E-state index contributed by atoms with van der Waals surface area (Å²) in [5.41, 5.74) is 8.69. The van der Waals surface area contributed by atoms with Crippen LogP contribution in [0.15, 0.2) is 36.1 Å². The summed E-state index contributed by atoms with van der Waals surface area (Å²) in [6.07, 6.45) is 7.03. The summed E-state index contributed by atoms with van der Waals surface area (Å²) >= 11 is 0. The summed E-state index contributed by atoms with van der Waals surface area (Å²) in [5.74, 6) is 0. The van der Waals surface area contributed by atoms with Gasteiger partial charge >= 0.3 is 0 Å². The van der Waals surface area contributed by atoms with Gasteiger partial charge < -0.3 is 4.57 Å². The van der Waals surface area contributed by atoms with Crippen molar-refractivity contribution >= 4 is 0 Å².